The predicted molar refractivity (Wildman–Crippen MR) is 72.4 cm³/mol. The Kier molecular flexibility index (Phi) is 4.25. The standard InChI is InChI=1S/C11H16N4S/c1-5-8(6-14-13-4)9-10(7(2)3)16-11(12)15-9/h5-6,13H,2H2,1,3-4H3,(H2,12,15)/b8-5+,14-6-. The van der Waals surface area contributed by atoms with Gasteiger partial charge >= 0.3 is 0 Å². The molecule has 0 bridgehead atoms. The second kappa shape index (κ2) is 5.46. The number of rotatable bonds is 4. The molecule has 0 aromatic carbocycles. The molecule has 1 aromatic rings. The van der Waals surface area contributed by atoms with Gasteiger partial charge in [-0.1, -0.05) is 24.0 Å². The molecule has 5 heteroatoms. The number of nitrogens with two attached hydrogens (primary N) is 1. The summed E-state index contributed by atoms with van der Waals surface area (Å²) in [5.74, 6) is 0. The lowest BCUT2D eigenvalue weighted by molar-refractivity contribution is 0.909. The van der Waals surface area contributed by atoms with Crippen LogP contribution in [0.1, 0.15) is 24.4 Å². The Bertz CT molecular complexity index is 443. The SMILES string of the molecule is C=C(C)c1sc(N)nc1C(/C=N\NC)=C/C. The first-order chi connectivity index (χ1) is 7.60. The lowest BCUT2D eigenvalue weighted by Crippen LogP contribution is -1.97. The van der Waals surface area contributed by atoms with Crippen molar-refractivity contribution in [2.45, 2.75) is 13.8 Å². The molecule has 0 unspecified atom stereocenters. The number of hydrazone groups is 1. The van der Waals surface area contributed by atoms with Crippen LogP contribution in [0.15, 0.2) is 17.8 Å². The molecule has 0 amide bonds. The van der Waals surface area contributed by atoms with E-state index in [-0.39, 0.29) is 0 Å². The zero-order chi connectivity index (χ0) is 12.1. The number of hydrogen-bond donors (Lipinski definition) is 2. The largest absolute Gasteiger partial charge is 0.375 e. The number of aromatic nitrogens is 1. The van der Waals surface area contributed by atoms with Crippen LogP contribution >= 0.6 is 11.3 Å². The van der Waals surface area contributed by atoms with Crippen molar-refractivity contribution < 1.29 is 0 Å². The number of hydrogen-bond acceptors (Lipinski definition) is 5. The quantitative estimate of drug-likeness (QED) is 0.623. The monoisotopic (exact) mass is 236 g/mol. The minimum Gasteiger partial charge on any atom is -0.375 e. The Labute approximate surface area is 99.6 Å². The average molecular weight is 236 g/mol. The summed E-state index contributed by atoms with van der Waals surface area (Å²) in [4.78, 5) is 5.31. The van der Waals surface area contributed by atoms with Crippen LogP contribution in [0, 0.1) is 0 Å². The van der Waals surface area contributed by atoms with Crippen molar-refractivity contribution in [1.29, 1.82) is 0 Å². The molecule has 1 heterocycles. The topological polar surface area (TPSA) is 63.3 Å². The van der Waals surface area contributed by atoms with Gasteiger partial charge in [-0.2, -0.15) is 5.10 Å². The molecule has 0 saturated carbocycles. The first-order valence-corrected chi connectivity index (χ1v) is 5.70. The molecule has 86 valence electrons. The van der Waals surface area contributed by atoms with E-state index in [0.717, 1.165) is 21.7 Å². The first-order valence-electron chi connectivity index (χ1n) is 4.88. The van der Waals surface area contributed by atoms with E-state index in [2.05, 4.69) is 22.1 Å². The predicted octanol–water partition coefficient (Wildman–Crippen LogP) is 2.37. The fourth-order valence-electron chi connectivity index (χ4n) is 1.23. The zero-order valence-corrected chi connectivity index (χ0v) is 10.6. The molecule has 0 aliphatic carbocycles. The summed E-state index contributed by atoms with van der Waals surface area (Å²) < 4.78 is 0. The van der Waals surface area contributed by atoms with E-state index in [1.54, 1.807) is 13.3 Å². The van der Waals surface area contributed by atoms with E-state index in [1.165, 1.54) is 11.3 Å². The highest BCUT2D eigenvalue weighted by molar-refractivity contribution is 7.16. The summed E-state index contributed by atoms with van der Waals surface area (Å²) in [5.41, 5.74) is 11.2. The Hall–Kier alpha value is -1.62. The van der Waals surface area contributed by atoms with Crippen LogP contribution in [-0.2, 0) is 0 Å². The van der Waals surface area contributed by atoms with Gasteiger partial charge in [-0.3, -0.25) is 0 Å². The fourth-order valence-corrected chi connectivity index (χ4v) is 2.01. The lowest BCUT2D eigenvalue weighted by Gasteiger charge is -2.01. The molecule has 1 rings (SSSR count). The summed E-state index contributed by atoms with van der Waals surface area (Å²) in [7, 11) is 1.75. The lowest BCUT2D eigenvalue weighted by atomic mass is 10.1. The number of nitrogens with one attached hydrogen (secondary N) is 1. The summed E-state index contributed by atoms with van der Waals surface area (Å²) in [6.07, 6.45) is 3.67. The van der Waals surface area contributed by atoms with Crippen molar-refractivity contribution in [3.63, 3.8) is 0 Å². The molecule has 0 atom stereocenters. The third kappa shape index (κ3) is 2.70. The van der Waals surface area contributed by atoms with Crippen molar-refractivity contribution in [2.75, 3.05) is 12.8 Å². The van der Waals surface area contributed by atoms with Crippen LogP contribution in [0.2, 0.25) is 0 Å². The van der Waals surface area contributed by atoms with Crippen molar-refractivity contribution in [2.24, 2.45) is 5.10 Å². The zero-order valence-electron chi connectivity index (χ0n) is 9.74. The van der Waals surface area contributed by atoms with Gasteiger partial charge in [0.2, 0.25) is 0 Å². The van der Waals surface area contributed by atoms with E-state index in [4.69, 9.17) is 5.73 Å². The Morgan fingerprint density at radius 3 is 2.81 bits per heavy atom. The average Bonchev–Trinajstić information content (AvgIpc) is 2.62. The molecule has 0 aliphatic heterocycles. The second-order valence-electron chi connectivity index (χ2n) is 3.24. The van der Waals surface area contributed by atoms with E-state index in [1.807, 2.05) is 19.9 Å². The Morgan fingerprint density at radius 2 is 2.31 bits per heavy atom. The molecule has 0 fully saturated rings. The van der Waals surface area contributed by atoms with Gasteiger partial charge in [0.25, 0.3) is 0 Å². The van der Waals surface area contributed by atoms with Gasteiger partial charge < -0.3 is 11.2 Å². The first kappa shape index (κ1) is 12.4. The summed E-state index contributed by atoms with van der Waals surface area (Å²) in [6, 6.07) is 0. The molecule has 3 N–H and O–H groups in total. The molecule has 0 aliphatic rings. The highest BCUT2D eigenvalue weighted by Gasteiger charge is 2.12. The number of anilines is 1. The van der Waals surface area contributed by atoms with E-state index >= 15 is 0 Å². The summed E-state index contributed by atoms with van der Waals surface area (Å²) in [5, 5.41) is 4.53. The van der Waals surface area contributed by atoms with Crippen molar-refractivity contribution in [1.82, 2.24) is 10.4 Å². The molecular formula is C11H16N4S. The maximum Gasteiger partial charge on any atom is 0.181 e. The van der Waals surface area contributed by atoms with Crippen molar-refractivity contribution >= 4 is 33.8 Å². The van der Waals surface area contributed by atoms with Gasteiger partial charge in [-0.15, -0.1) is 0 Å². The van der Waals surface area contributed by atoms with Crippen LogP contribution in [0.3, 0.4) is 0 Å². The normalized spacial score (nSPS) is 12.1. The van der Waals surface area contributed by atoms with Crippen LogP contribution in [-0.4, -0.2) is 18.2 Å². The maximum atomic E-state index is 5.72. The summed E-state index contributed by atoms with van der Waals surface area (Å²) >= 11 is 1.44. The molecule has 16 heavy (non-hydrogen) atoms. The number of nitrogens with zero attached hydrogens (tertiary/aromatic N) is 2. The summed E-state index contributed by atoms with van der Waals surface area (Å²) in [6.45, 7) is 7.81. The highest BCUT2D eigenvalue weighted by atomic mass is 32.1. The van der Waals surface area contributed by atoms with Gasteiger partial charge in [-0.25, -0.2) is 4.98 Å². The number of allylic oxidation sites excluding steroid dienone is 3. The van der Waals surface area contributed by atoms with Crippen LogP contribution in [0.25, 0.3) is 11.1 Å². The fraction of sp³-hybridized carbons (Fsp3) is 0.273. The van der Waals surface area contributed by atoms with Crippen molar-refractivity contribution in [3.8, 4) is 0 Å². The third-order valence-electron chi connectivity index (χ3n) is 1.95. The van der Waals surface area contributed by atoms with Gasteiger partial charge in [0.1, 0.15) is 0 Å². The number of nitrogen functional groups attached to an aromatic ring is 1. The van der Waals surface area contributed by atoms with Gasteiger partial charge in [0.15, 0.2) is 5.13 Å². The second-order valence-corrected chi connectivity index (χ2v) is 4.27. The smallest absolute Gasteiger partial charge is 0.181 e. The van der Waals surface area contributed by atoms with E-state index in [9.17, 15) is 0 Å². The molecule has 0 radical (unpaired) electrons. The molecule has 0 saturated heterocycles. The van der Waals surface area contributed by atoms with Gasteiger partial charge in [0.05, 0.1) is 16.8 Å². The van der Waals surface area contributed by atoms with Crippen molar-refractivity contribution in [3.05, 3.63) is 23.2 Å². The molecule has 4 nitrogen and oxygen atoms in total. The minimum absolute atomic E-state index is 0.546. The molecule has 0 spiro atoms. The van der Waals surface area contributed by atoms with E-state index in [0.29, 0.717) is 5.13 Å². The molecule has 1 aromatic heterocycles. The van der Waals surface area contributed by atoms with E-state index < -0.39 is 0 Å². The maximum absolute atomic E-state index is 5.72. The van der Waals surface area contributed by atoms with Gasteiger partial charge in [-0.05, 0) is 19.4 Å². The number of thiazole rings is 1. The van der Waals surface area contributed by atoms with Crippen LogP contribution in [0.4, 0.5) is 5.13 Å². The van der Waals surface area contributed by atoms with Crippen LogP contribution < -0.4 is 11.2 Å². The van der Waals surface area contributed by atoms with Gasteiger partial charge in [0, 0.05) is 12.6 Å². The third-order valence-corrected chi connectivity index (χ3v) is 2.99. The molecular weight excluding hydrogens is 220 g/mol. The Balaban J connectivity index is 3.20. The minimum atomic E-state index is 0.546. The highest BCUT2D eigenvalue weighted by Crippen LogP contribution is 2.30. The van der Waals surface area contributed by atoms with Crippen LogP contribution in [0.5, 0.6) is 0 Å². The Morgan fingerprint density at radius 1 is 1.62 bits per heavy atom.